The van der Waals surface area contributed by atoms with Crippen molar-refractivity contribution in [2.75, 3.05) is 10.6 Å². The van der Waals surface area contributed by atoms with Crippen LogP contribution in [-0.2, 0) is 16.0 Å². The van der Waals surface area contributed by atoms with Crippen LogP contribution in [0, 0.1) is 11.3 Å². The van der Waals surface area contributed by atoms with Crippen molar-refractivity contribution in [3.05, 3.63) is 59.1 Å². The molecule has 116 valence electrons. The normalized spacial score (nSPS) is 9.74. The highest BCUT2D eigenvalue weighted by atomic mass is 35.5. The summed E-state index contributed by atoms with van der Waals surface area (Å²) in [5.41, 5.74) is 1.93. The molecule has 0 radical (unpaired) electrons. The van der Waals surface area contributed by atoms with Crippen LogP contribution in [0.1, 0.15) is 12.0 Å². The van der Waals surface area contributed by atoms with Crippen LogP contribution in [0.15, 0.2) is 48.5 Å². The summed E-state index contributed by atoms with van der Waals surface area (Å²) in [6.07, 6.45) is -0.0172. The Morgan fingerprint density at radius 3 is 2.09 bits per heavy atom. The molecule has 0 fully saturated rings. The zero-order chi connectivity index (χ0) is 16.7. The Morgan fingerprint density at radius 2 is 1.52 bits per heavy atom. The Labute approximate surface area is 138 Å². The highest BCUT2D eigenvalue weighted by Gasteiger charge is 2.07. The minimum atomic E-state index is -0.372. The lowest BCUT2D eigenvalue weighted by atomic mass is 10.1. The molecule has 2 rings (SSSR count). The predicted molar refractivity (Wildman–Crippen MR) is 89.1 cm³/mol. The zero-order valence-corrected chi connectivity index (χ0v) is 12.9. The van der Waals surface area contributed by atoms with Crippen LogP contribution in [-0.4, -0.2) is 11.8 Å². The third kappa shape index (κ3) is 5.13. The molecule has 0 heterocycles. The van der Waals surface area contributed by atoms with Crippen LogP contribution in [0.3, 0.4) is 0 Å². The number of nitrogens with one attached hydrogen (secondary N) is 2. The topological polar surface area (TPSA) is 82.0 Å². The molecule has 0 aromatic heterocycles. The number of anilines is 2. The number of amides is 2. The number of hydrogen-bond donors (Lipinski definition) is 2. The molecule has 0 atom stereocenters. The van der Waals surface area contributed by atoms with Gasteiger partial charge in [-0.3, -0.25) is 9.59 Å². The summed E-state index contributed by atoms with van der Waals surface area (Å²) in [5, 5.41) is 14.3. The van der Waals surface area contributed by atoms with Gasteiger partial charge in [-0.2, -0.15) is 5.26 Å². The molecule has 0 spiro atoms. The van der Waals surface area contributed by atoms with Gasteiger partial charge in [0.05, 0.1) is 12.5 Å². The molecule has 6 heteroatoms. The van der Waals surface area contributed by atoms with Gasteiger partial charge in [-0.05, 0) is 35.9 Å². The van der Waals surface area contributed by atoms with Crippen LogP contribution in [0.25, 0.3) is 0 Å². The molecule has 0 saturated carbocycles. The van der Waals surface area contributed by atoms with Gasteiger partial charge in [0.25, 0.3) is 0 Å². The Morgan fingerprint density at radius 1 is 0.957 bits per heavy atom. The predicted octanol–water partition coefficient (Wildman–Crippen LogP) is 3.37. The summed E-state index contributed by atoms with van der Waals surface area (Å²) in [5.74, 6) is -0.553. The van der Waals surface area contributed by atoms with E-state index in [0.29, 0.717) is 16.4 Å². The third-order valence-corrected chi connectivity index (χ3v) is 3.37. The smallest absolute Gasteiger partial charge is 0.238 e. The number of carbonyl (C=O) groups excluding carboxylic acids is 2. The fourth-order valence-electron chi connectivity index (χ4n) is 1.93. The second kappa shape index (κ2) is 7.97. The summed E-state index contributed by atoms with van der Waals surface area (Å²) < 4.78 is 0. The van der Waals surface area contributed by atoms with E-state index in [1.165, 1.54) is 0 Å². The molecule has 0 aliphatic carbocycles. The fraction of sp³-hybridized carbons (Fsp3) is 0.118. The van der Waals surface area contributed by atoms with Gasteiger partial charge >= 0.3 is 0 Å². The minimum absolute atomic E-state index is 0.181. The number of nitriles is 1. The van der Waals surface area contributed by atoms with Crippen LogP contribution in [0.2, 0.25) is 5.02 Å². The monoisotopic (exact) mass is 327 g/mol. The molecule has 0 aliphatic heterocycles. The van der Waals surface area contributed by atoms with Crippen LogP contribution < -0.4 is 10.6 Å². The number of rotatable bonds is 5. The lowest BCUT2D eigenvalue weighted by Crippen LogP contribution is -2.15. The minimum Gasteiger partial charge on any atom is -0.326 e. The first-order valence-electron chi connectivity index (χ1n) is 6.88. The Bertz CT molecular complexity index is 751. The van der Waals surface area contributed by atoms with Gasteiger partial charge in [-0.25, -0.2) is 0 Å². The number of benzene rings is 2. The number of nitrogens with zero attached hydrogens (tertiary/aromatic N) is 1. The van der Waals surface area contributed by atoms with Crippen molar-refractivity contribution < 1.29 is 9.59 Å². The van der Waals surface area contributed by atoms with Crippen molar-refractivity contribution in [2.45, 2.75) is 12.8 Å². The molecule has 0 bridgehead atoms. The quantitative estimate of drug-likeness (QED) is 0.883. The number of carbonyl (C=O) groups is 2. The van der Waals surface area contributed by atoms with E-state index >= 15 is 0 Å². The summed E-state index contributed by atoms with van der Waals surface area (Å²) in [7, 11) is 0. The Hall–Kier alpha value is -2.84. The van der Waals surface area contributed by atoms with Gasteiger partial charge in [-0.15, -0.1) is 0 Å². The lowest BCUT2D eigenvalue weighted by molar-refractivity contribution is -0.116. The highest BCUT2D eigenvalue weighted by Crippen LogP contribution is 2.17. The second-order valence-corrected chi connectivity index (χ2v) is 5.18. The number of halogens is 1. The maximum absolute atomic E-state index is 12.0. The molecule has 0 unspecified atom stereocenters. The first-order valence-corrected chi connectivity index (χ1v) is 7.26. The van der Waals surface area contributed by atoms with Gasteiger partial charge in [0.1, 0.15) is 6.42 Å². The second-order valence-electron chi connectivity index (χ2n) is 4.78. The lowest BCUT2D eigenvalue weighted by Gasteiger charge is -2.08. The Balaban J connectivity index is 1.93. The standard InChI is InChI=1S/C17H14ClN3O2/c18-15-4-2-1-3-12(15)11-17(23)21-14-7-5-13(6-8-14)20-16(22)9-10-19/h1-8H,9,11H2,(H,20,22)(H,21,23). The van der Waals surface area contributed by atoms with Gasteiger partial charge in [0.2, 0.25) is 11.8 Å². The van der Waals surface area contributed by atoms with Crippen molar-refractivity contribution in [2.24, 2.45) is 0 Å². The SMILES string of the molecule is N#CCC(=O)Nc1ccc(NC(=O)Cc2ccccc2Cl)cc1. The van der Waals surface area contributed by atoms with E-state index in [-0.39, 0.29) is 24.7 Å². The van der Waals surface area contributed by atoms with E-state index in [1.54, 1.807) is 42.5 Å². The van der Waals surface area contributed by atoms with Gasteiger partial charge in [0.15, 0.2) is 0 Å². The average Bonchev–Trinajstić information content (AvgIpc) is 2.52. The van der Waals surface area contributed by atoms with E-state index in [4.69, 9.17) is 16.9 Å². The van der Waals surface area contributed by atoms with Crippen molar-refractivity contribution >= 4 is 34.8 Å². The third-order valence-electron chi connectivity index (χ3n) is 3.00. The van der Waals surface area contributed by atoms with Crippen molar-refractivity contribution in [3.63, 3.8) is 0 Å². The van der Waals surface area contributed by atoms with Crippen molar-refractivity contribution in [1.82, 2.24) is 0 Å². The zero-order valence-electron chi connectivity index (χ0n) is 12.2. The van der Waals surface area contributed by atoms with Crippen LogP contribution >= 0.6 is 11.6 Å². The molecule has 23 heavy (non-hydrogen) atoms. The first kappa shape index (κ1) is 16.5. The maximum atomic E-state index is 12.0. The van der Waals surface area contributed by atoms with Crippen molar-refractivity contribution in [1.29, 1.82) is 5.26 Å². The van der Waals surface area contributed by atoms with E-state index in [0.717, 1.165) is 5.56 Å². The van der Waals surface area contributed by atoms with Crippen LogP contribution in [0.5, 0.6) is 0 Å². The van der Waals surface area contributed by atoms with E-state index in [1.807, 2.05) is 12.1 Å². The molecule has 2 amide bonds. The molecule has 5 nitrogen and oxygen atoms in total. The largest absolute Gasteiger partial charge is 0.326 e. The molecule has 0 saturated heterocycles. The molecule has 2 aromatic rings. The molecule has 0 aliphatic rings. The van der Waals surface area contributed by atoms with Gasteiger partial charge in [-0.1, -0.05) is 29.8 Å². The van der Waals surface area contributed by atoms with Gasteiger partial charge < -0.3 is 10.6 Å². The average molecular weight is 328 g/mol. The molecular weight excluding hydrogens is 314 g/mol. The first-order chi connectivity index (χ1) is 11.1. The van der Waals surface area contributed by atoms with E-state index < -0.39 is 0 Å². The fourth-order valence-corrected chi connectivity index (χ4v) is 2.14. The molecular formula is C17H14ClN3O2. The summed E-state index contributed by atoms with van der Waals surface area (Å²) in [6.45, 7) is 0. The van der Waals surface area contributed by atoms with E-state index in [2.05, 4.69) is 10.6 Å². The highest BCUT2D eigenvalue weighted by molar-refractivity contribution is 6.31. The molecule has 2 aromatic carbocycles. The van der Waals surface area contributed by atoms with Gasteiger partial charge in [0, 0.05) is 16.4 Å². The number of hydrogen-bond acceptors (Lipinski definition) is 3. The summed E-state index contributed by atoms with van der Waals surface area (Å²) in [6, 6.07) is 15.6. The molecule has 2 N–H and O–H groups in total. The maximum Gasteiger partial charge on any atom is 0.238 e. The van der Waals surface area contributed by atoms with E-state index in [9.17, 15) is 9.59 Å². The van der Waals surface area contributed by atoms with Crippen molar-refractivity contribution in [3.8, 4) is 6.07 Å². The summed E-state index contributed by atoms with van der Waals surface area (Å²) in [4.78, 5) is 23.3. The van der Waals surface area contributed by atoms with Crippen LogP contribution in [0.4, 0.5) is 11.4 Å². The summed E-state index contributed by atoms with van der Waals surface area (Å²) >= 11 is 6.02. The Kier molecular flexibility index (Phi) is 5.73.